The third kappa shape index (κ3) is 2.93. The van der Waals surface area contributed by atoms with Crippen molar-refractivity contribution < 1.29 is 9.13 Å². The third-order valence-electron chi connectivity index (χ3n) is 2.71. The zero-order valence-electron chi connectivity index (χ0n) is 8.66. The highest BCUT2D eigenvalue weighted by molar-refractivity contribution is 5.20. The summed E-state index contributed by atoms with van der Waals surface area (Å²) in [5.41, 5.74) is 0. The molecule has 82 valence electrons. The highest BCUT2D eigenvalue weighted by atomic mass is 19.1. The summed E-state index contributed by atoms with van der Waals surface area (Å²) in [7, 11) is 0. The van der Waals surface area contributed by atoms with Crippen LogP contribution in [-0.4, -0.2) is 25.4 Å². The summed E-state index contributed by atoms with van der Waals surface area (Å²) in [6, 6.07) is 9.72. The van der Waals surface area contributed by atoms with Crippen LogP contribution in [0.3, 0.4) is 0 Å². The molecule has 3 heteroatoms. The highest BCUT2D eigenvalue weighted by Crippen LogP contribution is 2.22. The molecule has 15 heavy (non-hydrogen) atoms. The second-order valence-electron chi connectivity index (χ2n) is 3.82. The lowest BCUT2D eigenvalue weighted by Gasteiger charge is -2.31. The number of hydrogen-bond acceptors (Lipinski definition) is 2. The molecule has 1 N–H and O–H groups in total. The number of nitrogens with one attached hydrogen (secondary N) is 1. The van der Waals surface area contributed by atoms with Crippen LogP contribution in [0.1, 0.15) is 12.8 Å². The molecule has 1 saturated carbocycles. The molecule has 1 fully saturated rings. The minimum Gasteiger partial charge on any atom is -0.492 e. The van der Waals surface area contributed by atoms with Crippen LogP contribution in [-0.2, 0) is 0 Å². The van der Waals surface area contributed by atoms with Gasteiger partial charge in [0.15, 0.2) is 0 Å². The molecule has 1 aliphatic carbocycles. The Kier molecular flexibility index (Phi) is 3.56. The van der Waals surface area contributed by atoms with E-state index in [1.807, 2.05) is 30.3 Å². The van der Waals surface area contributed by atoms with Gasteiger partial charge in [0.2, 0.25) is 0 Å². The number of halogens is 1. The quantitative estimate of drug-likeness (QED) is 0.750. The molecule has 2 nitrogen and oxygen atoms in total. The number of alkyl halides is 1. The van der Waals surface area contributed by atoms with Crippen molar-refractivity contribution in [3.05, 3.63) is 30.3 Å². The van der Waals surface area contributed by atoms with Gasteiger partial charge in [-0.05, 0) is 25.0 Å². The van der Waals surface area contributed by atoms with Crippen LogP contribution in [0.2, 0.25) is 0 Å². The normalized spacial score (nSPS) is 24.6. The molecule has 0 radical (unpaired) electrons. The smallest absolute Gasteiger partial charge is 0.119 e. The first-order valence-electron chi connectivity index (χ1n) is 5.41. The van der Waals surface area contributed by atoms with Crippen molar-refractivity contribution >= 4 is 0 Å². The van der Waals surface area contributed by atoms with Gasteiger partial charge in [0, 0.05) is 12.6 Å². The molecule has 1 aromatic carbocycles. The summed E-state index contributed by atoms with van der Waals surface area (Å²) >= 11 is 0. The Labute approximate surface area is 89.4 Å². The molecular formula is C12H16FNO. The van der Waals surface area contributed by atoms with Crippen LogP contribution in [0.4, 0.5) is 4.39 Å². The zero-order valence-corrected chi connectivity index (χ0v) is 8.66. The Bertz CT molecular complexity index is 291. The number of ether oxygens (including phenoxy) is 1. The van der Waals surface area contributed by atoms with Gasteiger partial charge in [-0.3, -0.25) is 0 Å². The Morgan fingerprint density at radius 2 is 2.07 bits per heavy atom. The highest BCUT2D eigenvalue weighted by Gasteiger charge is 2.29. The van der Waals surface area contributed by atoms with Crippen LogP contribution in [0, 0.1) is 0 Å². The zero-order chi connectivity index (χ0) is 10.5. The Morgan fingerprint density at radius 3 is 2.67 bits per heavy atom. The molecule has 0 spiro atoms. The number of para-hydroxylation sites is 1. The van der Waals surface area contributed by atoms with E-state index in [9.17, 15) is 4.39 Å². The second kappa shape index (κ2) is 5.12. The van der Waals surface area contributed by atoms with Gasteiger partial charge in [-0.2, -0.15) is 0 Å². The van der Waals surface area contributed by atoms with Crippen LogP contribution < -0.4 is 10.1 Å². The Morgan fingerprint density at radius 1 is 1.27 bits per heavy atom. The van der Waals surface area contributed by atoms with E-state index < -0.39 is 6.17 Å². The topological polar surface area (TPSA) is 21.3 Å². The lowest BCUT2D eigenvalue weighted by atomic mass is 9.91. The van der Waals surface area contributed by atoms with Gasteiger partial charge in [-0.15, -0.1) is 0 Å². The molecule has 0 amide bonds. The van der Waals surface area contributed by atoms with Crippen molar-refractivity contribution in [3.8, 4) is 5.75 Å². The summed E-state index contributed by atoms with van der Waals surface area (Å²) in [6.07, 6.45) is 1.01. The maximum absolute atomic E-state index is 12.8. The van der Waals surface area contributed by atoms with Gasteiger partial charge in [0.05, 0.1) is 0 Å². The molecular weight excluding hydrogens is 193 g/mol. The van der Waals surface area contributed by atoms with E-state index in [2.05, 4.69) is 5.32 Å². The van der Waals surface area contributed by atoms with E-state index in [0.29, 0.717) is 19.6 Å². The lowest BCUT2D eigenvalue weighted by molar-refractivity contribution is 0.137. The van der Waals surface area contributed by atoms with Gasteiger partial charge in [-0.1, -0.05) is 18.2 Å². The van der Waals surface area contributed by atoms with Gasteiger partial charge >= 0.3 is 0 Å². The van der Waals surface area contributed by atoms with Crippen LogP contribution in [0.25, 0.3) is 0 Å². The molecule has 0 saturated heterocycles. The molecule has 2 atom stereocenters. The molecule has 0 aromatic heterocycles. The van der Waals surface area contributed by atoms with Crippen molar-refractivity contribution in [2.45, 2.75) is 25.1 Å². The van der Waals surface area contributed by atoms with E-state index in [-0.39, 0.29) is 6.04 Å². The molecule has 0 heterocycles. The van der Waals surface area contributed by atoms with Crippen molar-refractivity contribution in [3.63, 3.8) is 0 Å². The fourth-order valence-electron chi connectivity index (χ4n) is 1.62. The monoisotopic (exact) mass is 209 g/mol. The SMILES string of the molecule is FC1CCC1NCCOc1ccccc1. The van der Waals surface area contributed by atoms with E-state index in [1.165, 1.54) is 0 Å². The molecule has 2 rings (SSSR count). The molecule has 2 unspecified atom stereocenters. The van der Waals surface area contributed by atoms with Gasteiger partial charge in [-0.25, -0.2) is 4.39 Å². The number of hydrogen-bond donors (Lipinski definition) is 1. The van der Waals surface area contributed by atoms with Crippen molar-refractivity contribution in [2.24, 2.45) is 0 Å². The van der Waals surface area contributed by atoms with E-state index in [0.717, 1.165) is 12.2 Å². The molecule has 0 bridgehead atoms. The van der Waals surface area contributed by atoms with Crippen LogP contribution >= 0.6 is 0 Å². The summed E-state index contributed by atoms with van der Waals surface area (Å²) in [4.78, 5) is 0. The predicted molar refractivity (Wildman–Crippen MR) is 57.9 cm³/mol. The van der Waals surface area contributed by atoms with Crippen LogP contribution in [0.5, 0.6) is 5.75 Å². The third-order valence-corrected chi connectivity index (χ3v) is 2.71. The first-order chi connectivity index (χ1) is 7.36. The first-order valence-corrected chi connectivity index (χ1v) is 5.41. The first kappa shape index (κ1) is 10.4. The maximum Gasteiger partial charge on any atom is 0.119 e. The van der Waals surface area contributed by atoms with Crippen molar-refractivity contribution in [1.29, 1.82) is 0 Å². The average Bonchev–Trinajstić information content (AvgIpc) is 2.28. The largest absolute Gasteiger partial charge is 0.492 e. The van der Waals surface area contributed by atoms with E-state index in [1.54, 1.807) is 0 Å². The minimum absolute atomic E-state index is 0.0596. The van der Waals surface area contributed by atoms with Crippen molar-refractivity contribution in [2.75, 3.05) is 13.2 Å². The van der Waals surface area contributed by atoms with Gasteiger partial charge in [0.25, 0.3) is 0 Å². The average molecular weight is 209 g/mol. The van der Waals surface area contributed by atoms with E-state index >= 15 is 0 Å². The molecule has 1 aromatic rings. The standard InChI is InChI=1S/C12H16FNO/c13-11-6-7-12(11)14-8-9-15-10-4-2-1-3-5-10/h1-5,11-12,14H,6-9H2. The second-order valence-corrected chi connectivity index (χ2v) is 3.82. The maximum atomic E-state index is 12.8. The fourth-order valence-corrected chi connectivity index (χ4v) is 1.62. The fraction of sp³-hybridized carbons (Fsp3) is 0.500. The van der Waals surface area contributed by atoms with Crippen LogP contribution in [0.15, 0.2) is 30.3 Å². The van der Waals surface area contributed by atoms with E-state index in [4.69, 9.17) is 4.74 Å². The number of benzene rings is 1. The summed E-state index contributed by atoms with van der Waals surface area (Å²) in [6.45, 7) is 1.30. The molecule has 0 aliphatic heterocycles. The Balaban J connectivity index is 1.59. The molecule has 1 aliphatic rings. The Hall–Kier alpha value is -1.09. The minimum atomic E-state index is -0.651. The summed E-state index contributed by atoms with van der Waals surface area (Å²) < 4.78 is 18.3. The summed E-state index contributed by atoms with van der Waals surface area (Å²) in [5, 5.41) is 3.14. The number of rotatable bonds is 5. The van der Waals surface area contributed by atoms with Gasteiger partial charge in [0.1, 0.15) is 18.5 Å². The summed E-state index contributed by atoms with van der Waals surface area (Å²) in [5.74, 6) is 0.865. The lowest BCUT2D eigenvalue weighted by Crippen LogP contribution is -2.46. The van der Waals surface area contributed by atoms with Crippen molar-refractivity contribution in [1.82, 2.24) is 5.32 Å². The van der Waals surface area contributed by atoms with Gasteiger partial charge < -0.3 is 10.1 Å². The predicted octanol–water partition coefficient (Wildman–Crippen LogP) is 2.16.